The topological polar surface area (TPSA) is 56.7 Å². The Morgan fingerprint density at radius 1 is 1.33 bits per heavy atom. The SMILES string of the molecule is CC(Cn1cc(N)nn1)c1ccccc1. The fourth-order valence-corrected chi connectivity index (χ4v) is 1.57. The van der Waals surface area contributed by atoms with Crippen LogP contribution in [0.3, 0.4) is 0 Å². The van der Waals surface area contributed by atoms with Crippen LogP contribution in [0.2, 0.25) is 0 Å². The van der Waals surface area contributed by atoms with Gasteiger partial charge in [0.05, 0.1) is 6.20 Å². The van der Waals surface area contributed by atoms with Crippen molar-refractivity contribution in [2.24, 2.45) is 0 Å². The lowest BCUT2D eigenvalue weighted by atomic mass is 10.0. The van der Waals surface area contributed by atoms with Crippen molar-refractivity contribution in [3.8, 4) is 0 Å². The molecule has 0 spiro atoms. The molecule has 0 saturated heterocycles. The molecular formula is C11H14N4. The molecule has 1 heterocycles. The highest BCUT2D eigenvalue weighted by Gasteiger charge is 2.06. The molecule has 4 heteroatoms. The van der Waals surface area contributed by atoms with E-state index in [0.717, 1.165) is 6.54 Å². The molecule has 1 aromatic carbocycles. The van der Waals surface area contributed by atoms with Gasteiger partial charge in [0.25, 0.3) is 0 Å². The van der Waals surface area contributed by atoms with Gasteiger partial charge in [-0.2, -0.15) is 0 Å². The van der Waals surface area contributed by atoms with Crippen LogP contribution >= 0.6 is 0 Å². The molecule has 0 fully saturated rings. The van der Waals surface area contributed by atoms with Crippen LogP contribution in [0.15, 0.2) is 36.5 Å². The van der Waals surface area contributed by atoms with E-state index >= 15 is 0 Å². The number of nitrogen functional groups attached to an aromatic ring is 1. The highest BCUT2D eigenvalue weighted by Crippen LogP contribution is 2.16. The molecule has 2 aromatic rings. The zero-order valence-electron chi connectivity index (χ0n) is 8.67. The average molecular weight is 202 g/mol. The zero-order chi connectivity index (χ0) is 10.7. The third kappa shape index (κ3) is 2.34. The predicted molar refractivity (Wildman–Crippen MR) is 59.3 cm³/mol. The van der Waals surface area contributed by atoms with Gasteiger partial charge < -0.3 is 5.73 Å². The van der Waals surface area contributed by atoms with Crippen molar-refractivity contribution in [3.63, 3.8) is 0 Å². The van der Waals surface area contributed by atoms with Crippen molar-refractivity contribution in [1.82, 2.24) is 15.0 Å². The van der Waals surface area contributed by atoms with Crippen LogP contribution in [0.1, 0.15) is 18.4 Å². The van der Waals surface area contributed by atoms with Crippen LogP contribution in [-0.4, -0.2) is 15.0 Å². The number of aromatic nitrogens is 3. The number of hydrogen-bond acceptors (Lipinski definition) is 3. The fraction of sp³-hybridized carbons (Fsp3) is 0.273. The number of rotatable bonds is 3. The maximum Gasteiger partial charge on any atom is 0.165 e. The summed E-state index contributed by atoms with van der Waals surface area (Å²) in [4.78, 5) is 0. The summed E-state index contributed by atoms with van der Waals surface area (Å²) in [6.45, 7) is 2.96. The first kappa shape index (κ1) is 9.71. The van der Waals surface area contributed by atoms with Gasteiger partial charge in [0, 0.05) is 12.5 Å². The first-order valence-corrected chi connectivity index (χ1v) is 4.96. The maximum atomic E-state index is 5.50. The van der Waals surface area contributed by atoms with Gasteiger partial charge in [-0.15, -0.1) is 5.10 Å². The third-order valence-electron chi connectivity index (χ3n) is 2.39. The molecule has 1 aromatic heterocycles. The van der Waals surface area contributed by atoms with E-state index in [4.69, 9.17) is 5.73 Å². The van der Waals surface area contributed by atoms with Gasteiger partial charge >= 0.3 is 0 Å². The Kier molecular flexibility index (Phi) is 2.67. The Labute approximate surface area is 88.7 Å². The molecule has 0 aliphatic carbocycles. The van der Waals surface area contributed by atoms with Gasteiger partial charge in [0.15, 0.2) is 5.82 Å². The van der Waals surface area contributed by atoms with Crippen molar-refractivity contribution in [1.29, 1.82) is 0 Å². The Morgan fingerprint density at radius 3 is 2.67 bits per heavy atom. The zero-order valence-corrected chi connectivity index (χ0v) is 8.67. The summed E-state index contributed by atoms with van der Waals surface area (Å²) in [5.74, 6) is 0.877. The smallest absolute Gasteiger partial charge is 0.165 e. The van der Waals surface area contributed by atoms with Gasteiger partial charge in [-0.3, -0.25) is 0 Å². The summed E-state index contributed by atoms with van der Waals surface area (Å²) in [6, 6.07) is 10.3. The molecule has 0 aliphatic rings. The standard InChI is InChI=1S/C11H14N4/c1-9(10-5-3-2-4-6-10)7-15-8-11(12)13-14-15/h2-6,8-9H,7,12H2,1H3. The summed E-state index contributed by atoms with van der Waals surface area (Å²) in [7, 11) is 0. The summed E-state index contributed by atoms with van der Waals surface area (Å²) >= 11 is 0. The highest BCUT2D eigenvalue weighted by atomic mass is 15.4. The van der Waals surface area contributed by atoms with Gasteiger partial charge in [0.2, 0.25) is 0 Å². The van der Waals surface area contributed by atoms with Crippen LogP contribution in [0.25, 0.3) is 0 Å². The average Bonchev–Trinajstić information content (AvgIpc) is 2.65. The molecular weight excluding hydrogens is 188 g/mol. The van der Waals surface area contributed by atoms with Crippen LogP contribution in [0, 0.1) is 0 Å². The van der Waals surface area contributed by atoms with E-state index in [0.29, 0.717) is 11.7 Å². The van der Waals surface area contributed by atoms with Crippen molar-refractivity contribution in [2.75, 3.05) is 5.73 Å². The van der Waals surface area contributed by atoms with Crippen molar-refractivity contribution >= 4 is 5.82 Å². The fourth-order valence-electron chi connectivity index (χ4n) is 1.57. The lowest BCUT2D eigenvalue weighted by molar-refractivity contribution is 0.527. The minimum Gasteiger partial charge on any atom is -0.381 e. The number of nitrogens with two attached hydrogens (primary N) is 1. The summed E-state index contributed by atoms with van der Waals surface area (Å²) in [6.07, 6.45) is 1.75. The molecule has 2 N–H and O–H groups in total. The van der Waals surface area contributed by atoms with Gasteiger partial charge in [-0.25, -0.2) is 4.68 Å². The van der Waals surface area contributed by atoms with E-state index in [1.54, 1.807) is 10.9 Å². The first-order chi connectivity index (χ1) is 7.25. The summed E-state index contributed by atoms with van der Waals surface area (Å²) < 4.78 is 1.77. The number of hydrogen-bond donors (Lipinski definition) is 1. The Bertz CT molecular complexity index is 421. The third-order valence-corrected chi connectivity index (χ3v) is 2.39. The molecule has 0 saturated carbocycles. The minimum atomic E-state index is 0.410. The highest BCUT2D eigenvalue weighted by molar-refractivity contribution is 5.21. The second-order valence-electron chi connectivity index (χ2n) is 3.68. The predicted octanol–water partition coefficient (Wildman–Crippen LogP) is 1.66. The largest absolute Gasteiger partial charge is 0.381 e. The quantitative estimate of drug-likeness (QED) is 0.823. The lowest BCUT2D eigenvalue weighted by Crippen LogP contribution is -2.06. The molecule has 78 valence electrons. The molecule has 0 radical (unpaired) electrons. The van der Waals surface area contributed by atoms with Crippen molar-refractivity contribution in [2.45, 2.75) is 19.4 Å². The second kappa shape index (κ2) is 4.13. The molecule has 0 bridgehead atoms. The molecule has 2 rings (SSSR count). The number of anilines is 1. The van der Waals surface area contributed by atoms with Crippen molar-refractivity contribution < 1.29 is 0 Å². The Morgan fingerprint density at radius 2 is 2.07 bits per heavy atom. The summed E-state index contributed by atoms with van der Waals surface area (Å²) in [5, 5.41) is 7.68. The van der Waals surface area contributed by atoms with Crippen molar-refractivity contribution in [3.05, 3.63) is 42.1 Å². The first-order valence-electron chi connectivity index (χ1n) is 4.96. The normalized spacial score (nSPS) is 12.6. The van der Waals surface area contributed by atoms with E-state index in [-0.39, 0.29) is 0 Å². The molecule has 4 nitrogen and oxygen atoms in total. The lowest BCUT2D eigenvalue weighted by Gasteiger charge is -2.10. The van der Waals surface area contributed by atoms with Gasteiger partial charge in [0.1, 0.15) is 0 Å². The molecule has 15 heavy (non-hydrogen) atoms. The van der Waals surface area contributed by atoms with E-state index in [9.17, 15) is 0 Å². The van der Waals surface area contributed by atoms with E-state index in [1.807, 2.05) is 18.2 Å². The number of nitrogens with zero attached hydrogens (tertiary/aromatic N) is 3. The van der Waals surface area contributed by atoms with Crippen LogP contribution < -0.4 is 5.73 Å². The van der Waals surface area contributed by atoms with Gasteiger partial charge in [-0.1, -0.05) is 42.5 Å². The van der Waals surface area contributed by atoms with Crippen LogP contribution in [-0.2, 0) is 6.54 Å². The molecule has 0 amide bonds. The van der Waals surface area contributed by atoms with Gasteiger partial charge in [-0.05, 0) is 5.56 Å². The Hall–Kier alpha value is -1.84. The molecule has 1 atom stereocenters. The molecule has 0 aliphatic heterocycles. The van der Waals surface area contributed by atoms with E-state index < -0.39 is 0 Å². The molecule has 1 unspecified atom stereocenters. The van der Waals surface area contributed by atoms with E-state index in [1.165, 1.54) is 5.56 Å². The Balaban J connectivity index is 2.07. The maximum absolute atomic E-state index is 5.50. The van der Waals surface area contributed by atoms with Crippen LogP contribution in [0.5, 0.6) is 0 Å². The monoisotopic (exact) mass is 202 g/mol. The van der Waals surface area contributed by atoms with E-state index in [2.05, 4.69) is 29.4 Å². The minimum absolute atomic E-state index is 0.410. The van der Waals surface area contributed by atoms with Crippen LogP contribution in [0.4, 0.5) is 5.82 Å². The summed E-state index contributed by atoms with van der Waals surface area (Å²) in [5.41, 5.74) is 6.80. The number of benzene rings is 1. The second-order valence-corrected chi connectivity index (χ2v) is 3.68.